The number of carbonyl (C=O) groups excluding carboxylic acids is 2. The molecule has 2 aromatic rings. The minimum Gasteiger partial charge on any atom is -0.390 e. The van der Waals surface area contributed by atoms with Crippen molar-refractivity contribution < 1.29 is 14.7 Å². The fraction of sp³-hybridized carbons (Fsp3) is 0.381. The molecule has 4 rings (SSSR count). The Balaban J connectivity index is 1.35. The number of aliphatic hydroxyl groups is 1. The summed E-state index contributed by atoms with van der Waals surface area (Å²) in [5.74, 6) is -0.127. The van der Waals surface area contributed by atoms with Crippen molar-refractivity contribution in [2.24, 2.45) is 0 Å². The third kappa shape index (κ3) is 4.27. The number of piperazine rings is 1. The van der Waals surface area contributed by atoms with Crippen LogP contribution in [0.2, 0.25) is 5.02 Å². The van der Waals surface area contributed by atoms with Gasteiger partial charge in [-0.05, 0) is 36.4 Å². The first kappa shape index (κ1) is 19.8. The maximum absolute atomic E-state index is 12.7. The van der Waals surface area contributed by atoms with Gasteiger partial charge in [-0.1, -0.05) is 11.6 Å². The van der Waals surface area contributed by atoms with E-state index in [-0.39, 0.29) is 17.9 Å². The van der Waals surface area contributed by atoms with Crippen LogP contribution in [0.4, 0.5) is 0 Å². The highest BCUT2D eigenvalue weighted by atomic mass is 35.5. The van der Waals surface area contributed by atoms with E-state index in [1.165, 1.54) is 0 Å². The Bertz CT molecular complexity index is 869. The van der Waals surface area contributed by atoms with Gasteiger partial charge in [-0.3, -0.25) is 19.5 Å². The van der Waals surface area contributed by atoms with E-state index in [9.17, 15) is 14.7 Å². The summed E-state index contributed by atoms with van der Waals surface area (Å²) in [6, 6.07) is 10.2. The van der Waals surface area contributed by atoms with Crippen LogP contribution in [0, 0.1) is 0 Å². The van der Waals surface area contributed by atoms with Gasteiger partial charge in [0.2, 0.25) is 0 Å². The van der Waals surface area contributed by atoms with Crippen molar-refractivity contribution in [2.45, 2.75) is 12.1 Å². The molecule has 2 aliphatic rings. The van der Waals surface area contributed by atoms with E-state index in [0.717, 1.165) is 0 Å². The van der Waals surface area contributed by atoms with Crippen LogP contribution in [-0.2, 0) is 0 Å². The maximum atomic E-state index is 12.7. The molecule has 0 spiro atoms. The van der Waals surface area contributed by atoms with Gasteiger partial charge in [0.1, 0.15) is 0 Å². The highest BCUT2D eigenvalue weighted by Gasteiger charge is 2.39. The first-order chi connectivity index (χ1) is 14.0. The molecule has 1 N–H and O–H groups in total. The van der Waals surface area contributed by atoms with Crippen molar-refractivity contribution in [1.29, 1.82) is 0 Å². The number of benzene rings is 1. The monoisotopic (exact) mass is 414 g/mol. The molecule has 1 aromatic heterocycles. The molecule has 0 bridgehead atoms. The van der Waals surface area contributed by atoms with Gasteiger partial charge in [-0.25, -0.2) is 0 Å². The lowest BCUT2D eigenvalue weighted by atomic mass is 10.1. The zero-order valence-corrected chi connectivity index (χ0v) is 16.7. The van der Waals surface area contributed by atoms with E-state index in [4.69, 9.17) is 11.6 Å². The third-order valence-electron chi connectivity index (χ3n) is 5.62. The van der Waals surface area contributed by atoms with Gasteiger partial charge in [0.15, 0.2) is 0 Å². The number of carbonyl (C=O) groups is 2. The quantitative estimate of drug-likeness (QED) is 0.821. The highest BCUT2D eigenvalue weighted by Crippen LogP contribution is 2.21. The molecule has 2 atom stereocenters. The number of aliphatic hydroxyl groups excluding tert-OH is 1. The first-order valence-corrected chi connectivity index (χ1v) is 10.1. The van der Waals surface area contributed by atoms with Crippen molar-refractivity contribution in [1.82, 2.24) is 19.7 Å². The molecule has 0 aliphatic carbocycles. The lowest BCUT2D eigenvalue weighted by Crippen LogP contribution is -2.54. The Morgan fingerprint density at radius 2 is 1.62 bits per heavy atom. The second kappa shape index (κ2) is 8.49. The Morgan fingerprint density at radius 3 is 2.28 bits per heavy atom. The summed E-state index contributed by atoms with van der Waals surface area (Å²) in [5, 5.41) is 11.1. The van der Waals surface area contributed by atoms with Gasteiger partial charge in [0.05, 0.1) is 17.7 Å². The SMILES string of the molecule is O=C(c1cccnc1)N1CCN([C@H]2CN(C(=O)c3ccc(Cl)cc3)C[C@@H]2O)CC1. The molecule has 8 heteroatoms. The van der Waals surface area contributed by atoms with Crippen LogP contribution in [0.3, 0.4) is 0 Å². The zero-order chi connectivity index (χ0) is 20.4. The second-order valence-corrected chi connectivity index (χ2v) is 7.86. The third-order valence-corrected chi connectivity index (χ3v) is 5.87. The van der Waals surface area contributed by atoms with Crippen LogP contribution in [0.1, 0.15) is 20.7 Å². The van der Waals surface area contributed by atoms with Crippen LogP contribution >= 0.6 is 11.6 Å². The molecular weight excluding hydrogens is 392 g/mol. The van der Waals surface area contributed by atoms with Crippen molar-refractivity contribution in [2.75, 3.05) is 39.3 Å². The molecule has 2 fully saturated rings. The number of β-amino-alcohol motifs (C(OH)–C–C–N with tert-alkyl or cyclic N) is 1. The number of aromatic nitrogens is 1. The Morgan fingerprint density at radius 1 is 0.931 bits per heavy atom. The molecular formula is C21H23ClN4O3. The fourth-order valence-corrected chi connectivity index (χ4v) is 4.12. The van der Waals surface area contributed by atoms with E-state index in [2.05, 4.69) is 9.88 Å². The number of rotatable bonds is 3. The Hall–Kier alpha value is -2.48. The number of likely N-dealkylation sites (tertiary alicyclic amines) is 1. The summed E-state index contributed by atoms with van der Waals surface area (Å²) in [6.07, 6.45) is 2.62. The number of halogens is 1. The summed E-state index contributed by atoms with van der Waals surface area (Å²) in [4.78, 5) is 35.0. The van der Waals surface area contributed by atoms with Crippen molar-refractivity contribution in [3.05, 3.63) is 64.9 Å². The molecule has 2 amide bonds. The predicted molar refractivity (Wildman–Crippen MR) is 109 cm³/mol. The standard InChI is InChI=1S/C21H23ClN4O3/c22-17-5-3-15(4-6-17)20(28)26-13-18(19(27)14-26)24-8-10-25(11-9-24)21(29)16-2-1-7-23-12-16/h1-7,12,18-19,27H,8-11,13-14H2/t18-,19-/m0/s1. The topological polar surface area (TPSA) is 77.0 Å². The molecule has 2 saturated heterocycles. The molecule has 7 nitrogen and oxygen atoms in total. The van der Waals surface area contributed by atoms with E-state index in [1.807, 2.05) is 4.90 Å². The second-order valence-electron chi connectivity index (χ2n) is 7.42. The molecule has 152 valence electrons. The van der Waals surface area contributed by atoms with Gasteiger partial charge >= 0.3 is 0 Å². The number of hydrogen-bond acceptors (Lipinski definition) is 5. The lowest BCUT2D eigenvalue weighted by molar-refractivity contribution is 0.0376. The molecule has 1 aromatic carbocycles. The van der Waals surface area contributed by atoms with Gasteiger partial charge in [-0.15, -0.1) is 0 Å². The Kier molecular flexibility index (Phi) is 5.80. The van der Waals surface area contributed by atoms with E-state index in [1.54, 1.807) is 53.7 Å². The van der Waals surface area contributed by atoms with Crippen molar-refractivity contribution in [3.8, 4) is 0 Å². The van der Waals surface area contributed by atoms with Crippen molar-refractivity contribution in [3.63, 3.8) is 0 Å². The van der Waals surface area contributed by atoms with Crippen molar-refractivity contribution >= 4 is 23.4 Å². The average Bonchev–Trinajstić information content (AvgIpc) is 3.15. The predicted octanol–water partition coefficient (Wildman–Crippen LogP) is 1.38. The Labute approximate surface area is 174 Å². The lowest BCUT2D eigenvalue weighted by Gasteiger charge is -2.38. The zero-order valence-electron chi connectivity index (χ0n) is 15.9. The summed E-state index contributed by atoms with van der Waals surface area (Å²) < 4.78 is 0. The van der Waals surface area contributed by atoms with Crippen LogP contribution in [0.25, 0.3) is 0 Å². The summed E-state index contributed by atoms with van der Waals surface area (Å²) in [7, 11) is 0. The number of amides is 2. The summed E-state index contributed by atoms with van der Waals surface area (Å²) in [5.41, 5.74) is 1.15. The van der Waals surface area contributed by atoms with Gasteiger partial charge in [0, 0.05) is 62.2 Å². The molecule has 3 heterocycles. The largest absolute Gasteiger partial charge is 0.390 e. The maximum Gasteiger partial charge on any atom is 0.255 e. The first-order valence-electron chi connectivity index (χ1n) is 9.69. The molecule has 0 saturated carbocycles. The van der Waals surface area contributed by atoms with Gasteiger partial charge < -0.3 is 14.9 Å². The number of nitrogens with zero attached hydrogens (tertiary/aromatic N) is 4. The average molecular weight is 415 g/mol. The molecule has 0 radical (unpaired) electrons. The van der Waals surface area contributed by atoms with E-state index >= 15 is 0 Å². The van der Waals surface area contributed by atoms with Gasteiger partial charge in [0.25, 0.3) is 11.8 Å². The van der Waals surface area contributed by atoms with E-state index in [0.29, 0.717) is 55.4 Å². The van der Waals surface area contributed by atoms with Crippen LogP contribution in [-0.4, -0.2) is 88.0 Å². The number of hydrogen-bond donors (Lipinski definition) is 1. The summed E-state index contributed by atoms with van der Waals surface area (Å²) in [6.45, 7) is 3.28. The smallest absolute Gasteiger partial charge is 0.255 e. The minimum atomic E-state index is -0.605. The molecule has 2 aliphatic heterocycles. The van der Waals surface area contributed by atoms with Gasteiger partial charge in [-0.2, -0.15) is 0 Å². The van der Waals surface area contributed by atoms with Crippen LogP contribution < -0.4 is 0 Å². The molecule has 0 unspecified atom stereocenters. The minimum absolute atomic E-state index is 0.0238. The van der Waals surface area contributed by atoms with Crippen LogP contribution in [0.5, 0.6) is 0 Å². The van der Waals surface area contributed by atoms with Crippen LogP contribution in [0.15, 0.2) is 48.8 Å². The highest BCUT2D eigenvalue weighted by molar-refractivity contribution is 6.30. The van der Waals surface area contributed by atoms with E-state index < -0.39 is 6.10 Å². The molecule has 29 heavy (non-hydrogen) atoms. The fourth-order valence-electron chi connectivity index (χ4n) is 4.00. The number of pyridine rings is 1. The summed E-state index contributed by atoms with van der Waals surface area (Å²) >= 11 is 5.89. The normalized spacial score (nSPS) is 22.7.